The fourth-order valence-corrected chi connectivity index (χ4v) is 4.14. The van der Waals surface area contributed by atoms with Crippen LogP contribution in [-0.4, -0.2) is 10.8 Å². The Labute approximate surface area is 132 Å². The van der Waals surface area contributed by atoms with Crippen molar-refractivity contribution in [2.24, 2.45) is 0 Å². The molecule has 0 aliphatic rings. The average Bonchev–Trinajstić information content (AvgIpc) is 3.01. The number of nitrogens with one attached hydrogen (secondary N) is 1. The van der Waals surface area contributed by atoms with Crippen molar-refractivity contribution in [1.82, 2.24) is 4.98 Å². The number of ketones is 1. The van der Waals surface area contributed by atoms with Crippen molar-refractivity contribution in [3.05, 3.63) is 59.0 Å². The van der Waals surface area contributed by atoms with Crippen molar-refractivity contribution in [3.8, 4) is 11.1 Å². The summed E-state index contributed by atoms with van der Waals surface area (Å²) >= 11 is 1.79. The third-order valence-corrected chi connectivity index (χ3v) is 5.13. The summed E-state index contributed by atoms with van der Waals surface area (Å²) in [6, 6.07) is 16.3. The van der Waals surface area contributed by atoms with E-state index in [9.17, 15) is 4.79 Å². The maximum Gasteiger partial charge on any atom is 0.159 e. The summed E-state index contributed by atoms with van der Waals surface area (Å²) in [7, 11) is 0. The summed E-state index contributed by atoms with van der Waals surface area (Å²) < 4.78 is 0. The van der Waals surface area contributed by atoms with Crippen molar-refractivity contribution < 1.29 is 4.79 Å². The van der Waals surface area contributed by atoms with E-state index < -0.39 is 0 Å². The van der Waals surface area contributed by atoms with E-state index in [0.29, 0.717) is 0 Å². The summed E-state index contributed by atoms with van der Waals surface area (Å²) in [6.45, 7) is 3.75. The van der Waals surface area contributed by atoms with Crippen LogP contribution in [0.15, 0.2) is 48.5 Å². The second kappa shape index (κ2) is 4.82. The summed E-state index contributed by atoms with van der Waals surface area (Å²) in [6.07, 6.45) is 0. The van der Waals surface area contributed by atoms with Crippen LogP contribution in [0.4, 0.5) is 0 Å². The topological polar surface area (TPSA) is 32.9 Å². The minimum absolute atomic E-state index is 0.103. The lowest BCUT2D eigenvalue weighted by Crippen LogP contribution is -1.90. The second-order valence-electron chi connectivity index (χ2n) is 5.54. The van der Waals surface area contributed by atoms with Crippen LogP contribution in [0.25, 0.3) is 32.2 Å². The Hall–Kier alpha value is -2.39. The molecule has 0 radical (unpaired) electrons. The van der Waals surface area contributed by atoms with Gasteiger partial charge in [0, 0.05) is 32.3 Å². The van der Waals surface area contributed by atoms with Gasteiger partial charge >= 0.3 is 0 Å². The third-order valence-electron chi connectivity index (χ3n) is 4.11. The van der Waals surface area contributed by atoms with Gasteiger partial charge in [0.2, 0.25) is 0 Å². The summed E-state index contributed by atoms with van der Waals surface area (Å²) in [4.78, 5) is 17.5. The van der Waals surface area contributed by atoms with E-state index in [1.165, 1.54) is 37.1 Å². The molecular formula is C19H15NOS. The summed E-state index contributed by atoms with van der Waals surface area (Å²) in [5.74, 6) is 0.103. The number of fused-ring (bicyclic) bond motifs is 3. The molecule has 0 saturated heterocycles. The standard InChI is InChI=1S/C19H15NOS/c1-11(21)13-7-9-14(10-8-13)17-12(2)22-19-18(17)15-5-3-4-6-16(15)20-19/h3-10,20H,1-2H3. The van der Waals surface area contributed by atoms with Crippen LogP contribution in [-0.2, 0) is 0 Å². The largest absolute Gasteiger partial charge is 0.346 e. The van der Waals surface area contributed by atoms with Gasteiger partial charge in [-0.3, -0.25) is 4.79 Å². The fourth-order valence-electron chi connectivity index (χ4n) is 3.04. The monoisotopic (exact) mass is 305 g/mol. The first-order chi connectivity index (χ1) is 10.6. The zero-order chi connectivity index (χ0) is 15.3. The highest BCUT2D eigenvalue weighted by molar-refractivity contribution is 7.19. The van der Waals surface area contributed by atoms with Gasteiger partial charge in [-0.2, -0.15) is 0 Å². The molecule has 0 aliphatic carbocycles. The Kier molecular flexibility index (Phi) is 2.91. The molecule has 1 N–H and O–H groups in total. The molecule has 2 aromatic heterocycles. The molecule has 0 bridgehead atoms. The zero-order valence-corrected chi connectivity index (χ0v) is 13.3. The molecule has 4 aromatic rings. The van der Waals surface area contributed by atoms with Gasteiger partial charge in [0.15, 0.2) is 5.78 Å². The number of aryl methyl sites for hydroxylation is 1. The number of rotatable bonds is 2. The number of aromatic amines is 1. The highest BCUT2D eigenvalue weighted by atomic mass is 32.1. The first-order valence-corrected chi connectivity index (χ1v) is 8.08. The summed E-state index contributed by atoms with van der Waals surface area (Å²) in [5.41, 5.74) is 4.36. The number of hydrogen-bond acceptors (Lipinski definition) is 2. The van der Waals surface area contributed by atoms with Crippen LogP contribution in [0.2, 0.25) is 0 Å². The predicted molar refractivity (Wildman–Crippen MR) is 93.9 cm³/mol. The minimum atomic E-state index is 0.103. The van der Waals surface area contributed by atoms with E-state index in [2.05, 4.69) is 36.2 Å². The Morgan fingerprint density at radius 1 is 1.05 bits per heavy atom. The molecule has 4 rings (SSSR count). The zero-order valence-electron chi connectivity index (χ0n) is 12.4. The Morgan fingerprint density at radius 3 is 2.50 bits per heavy atom. The molecule has 0 aliphatic heterocycles. The highest BCUT2D eigenvalue weighted by Gasteiger charge is 2.16. The van der Waals surface area contributed by atoms with Crippen LogP contribution in [0, 0.1) is 6.92 Å². The van der Waals surface area contributed by atoms with Crippen molar-refractivity contribution in [3.63, 3.8) is 0 Å². The lowest BCUT2D eigenvalue weighted by molar-refractivity contribution is 0.101. The Morgan fingerprint density at radius 2 is 1.77 bits per heavy atom. The van der Waals surface area contributed by atoms with Gasteiger partial charge in [0.1, 0.15) is 4.83 Å². The van der Waals surface area contributed by atoms with Crippen molar-refractivity contribution >= 4 is 38.2 Å². The van der Waals surface area contributed by atoms with Gasteiger partial charge < -0.3 is 4.98 Å². The molecule has 2 nitrogen and oxygen atoms in total. The Bertz CT molecular complexity index is 1010. The van der Waals surface area contributed by atoms with E-state index in [-0.39, 0.29) is 5.78 Å². The molecular weight excluding hydrogens is 290 g/mol. The number of carbonyl (C=O) groups excluding carboxylic acids is 1. The maximum absolute atomic E-state index is 11.5. The molecule has 0 unspecified atom stereocenters. The van der Waals surface area contributed by atoms with Crippen molar-refractivity contribution in [2.45, 2.75) is 13.8 Å². The number of H-pyrrole nitrogens is 1. The number of hydrogen-bond donors (Lipinski definition) is 1. The van der Waals surface area contributed by atoms with Gasteiger partial charge in [0.25, 0.3) is 0 Å². The van der Waals surface area contributed by atoms with Gasteiger partial charge in [-0.1, -0.05) is 42.5 Å². The molecule has 2 heterocycles. The molecule has 3 heteroatoms. The number of para-hydroxylation sites is 1. The predicted octanol–water partition coefficient (Wildman–Crippen LogP) is 5.56. The first kappa shape index (κ1) is 13.3. The molecule has 2 aromatic carbocycles. The van der Waals surface area contributed by atoms with Crippen LogP contribution in [0.3, 0.4) is 0 Å². The number of Topliss-reactive ketones (excluding diaryl/α,β-unsaturated/α-hetero) is 1. The van der Waals surface area contributed by atoms with Crippen LogP contribution < -0.4 is 0 Å². The quantitative estimate of drug-likeness (QED) is 0.483. The van der Waals surface area contributed by atoms with E-state index in [1.54, 1.807) is 18.3 Å². The van der Waals surface area contributed by atoms with E-state index in [4.69, 9.17) is 0 Å². The van der Waals surface area contributed by atoms with Gasteiger partial charge in [-0.15, -0.1) is 11.3 Å². The van der Waals surface area contributed by atoms with Crippen molar-refractivity contribution in [2.75, 3.05) is 0 Å². The van der Waals surface area contributed by atoms with Gasteiger partial charge in [0.05, 0.1) is 0 Å². The molecule has 0 fully saturated rings. The van der Waals surface area contributed by atoms with Crippen LogP contribution in [0.1, 0.15) is 22.2 Å². The maximum atomic E-state index is 11.5. The minimum Gasteiger partial charge on any atom is -0.346 e. The van der Waals surface area contributed by atoms with Crippen LogP contribution >= 0.6 is 11.3 Å². The highest BCUT2D eigenvalue weighted by Crippen LogP contribution is 2.42. The third kappa shape index (κ3) is 1.90. The van der Waals surface area contributed by atoms with E-state index >= 15 is 0 Å². The SMILES string of the molecule is CC(=O)c1ccc(-c2c(C)sc3[nH]c4ccccc4c23)cc1. The average molecular weight is 305 g/mol. The van der Waals surface area contributed by atoms with Crippen LogP contribution in [0.5, 0.6) is 0 Å². The van der Waals surface area contributed by atoms with E-state index in [1.807, 2.05) is 24.3 Å². The lowest BCUT2D eigenvalue weighted by Gasteiger charge is -2.03. The van der Waals surface area contributed by atoms with Crippen molar-refractivity contribution in [1.29, 1.82) is 0 Å². The second-order valence-corrected chi connectivity index (χ2v) is 6.77. The lowest BCUT2D eigenvalue weighted by atomic mass is 10.00. The number of carbonyl (C=O) groups is 1. The molecule has 0 saturated carbocycles. The molecule has 0 amide bonds. The molecule has 0 spiro atoms. The Balaban J connectivity index is 2.00. The van der Waals surface area contributed by atoms with Gasteiger partial charge in [-0.25, -0.2) is 0 Å². The fraction of sp³-hybridized carbons (Fsp3) is 0.105. The smallest absolute Gasteiger partial charge is 0.159 e. The van der Waals surface area contributed by atoms with Gasteiger partial charge in [-0.05, 0) is 25.5 Å². The number of aromatic nitrogens is 1. The van der Waals surface area contributed by atoms with E-state index in [0.717, 1.165) is 5.56 Å². The number of thiophene rings is 1. The summed E-state index contributed by atoms with van der Waals surface area (Å²) in [5, 5.41) is 2.54. The molecule has 22 heavy (non-hydrogen) atoms. The first-order valence-electron chi connectivity index (χ1n) is 7.26. The molecule has 0 atom stereocenters. The number of benzene rings is 2. The molecule has 108 valence electrons. The normalized spacial score (nSPS) is 11.4.